The van der Waals surface area contributed by atoms with Crippen molar-refractivity contribution < 1.29 is 24.1 Å². The molecule has 0 spiro atoms. The number of rotatable bonds is 5. The van der Waals surface area contributed by atoms with Crippen LogP contribution in [0.2, 0.25) is 0 Å². The summed E-state index contributed by atoms with van der Waals surface area (Å²) in [5.41, 5.74) is 0.971. The molecule has 0 aromatic heterocycles. The maximum Gasteiger partial charge on any atom is 0.252 e. The lowest BCUT2D eigenvalue weighted by Crippen LogP contribution is -2.60. The Morgan fingerprint density at radius 3 is 2.67 bits per heavy atom. The third kappa shape index (κ3) is 4.35. The Hall–Kier alpha value is -1.47. The van der Waals surface area contributed by atoms with E-state index in [4.69, 9.17) is 14.2 Å². The van der Waals surface area contributed by atoms with Crippen LogP contribution in [-0.2, 0) is 25.6 Å². The van der Waals surface area contributed by atoms with E-state index in [-0.39, 0.29) is 18.4 Å². The van der Waals surface area contributed by atoms with Gasteiger partial charge in [0.2, 0.25) is 0 Å². The van der Waals surface area contributed by atoms with Gasteiger partial charge >= 0.3 is 0 Å². The molecule has 6 heteroatoms. The van der Waals surface area contributed by atoms with Gasteiger partial charge in [-0.1, -0.05) is 24.3 Å². The lowest BCUT2D eigenvalue weighted by atomic mass is 9.78. The monoisotopic (exact) mass is 377 g/mol. The summed E-state index contributed by atoms with van der Waals surface area (Å²) in [5, 5.41) is 13.7. The highest BCUT2D eigenvalue weighted by Gasteiger charge is 2.57. The molecule has 6 nitrogen and oxygen atoms in total. The van der Waals surface area contributed by atoms with Gasteiger partial charge in [-0.05, 0) is 45.7 Å². The molecule has 1 saturated carbocycles. The number of benzene rings is 1. The summed E-state index contributed by atoms with van der Waals surface area (Å²) in [5.74, 6) is -0.992. The SMILES string of the molecule is Cc1ccccc1CO[C@]1(C(=O)NC(C)C)C[C@@H](O)[C@@H]2OC(C)(C)O[C@@H]2C1. The summed E-state index contributed by atoms with van der Waals surface area (Å²) in [6.45, 7) is 9.78. The van der Waals surface area contributed by atoms with Gasteiger partial charge < -0.3 is 24.6 Å². The normalized spacial score (nSPS) is 32.3. The van der Waals surface area contributed by atoms with Crippen LogP contribution in [0.1, 0.15) is 51.7 Å². The second-order valence-electron chi connectivity index (χ2n) is 8.45. The number of nitrogens with one attached hydrogen (secondary N) is 1. The molecule has 1 aliphatic carbocycles. The van der Waals surface area contributed by atoms with E-state index in [1.807, 2.05) is 58.9 Å². The predicted octanol–water partition coefficient (Wildman–Crippen LogP) is 2.45. The van der Waals surface area contributed by atoms with Gasteiger partial charge in [-0.15, -0.1) is 0 Å². The van der Waals surface area contributed by atoms with Gasteiger partial charge in [0.1, 0.15) is 6.10 Å². The van der Waals surface area contributed by atoms with Gasteiger partial charge in [0, 0.05) is 18.9 Å². The number of amides is 1. The number of hydrogen-bond acceptors (Lipinski definition) is 5. The number of ether oxygens (including phenoxy) is 3. The molecule has 0 unspecified atom stereocenters. The fraction of sp³-hybridized carbons (Fsp3) is 0.667. The number of aryl methyl sites for hydroxylation is 1. The quantitative estimate of drug-likeness (QED) is 0.824. The fourth-order valence-electron chi connectivity index (χ4n) is 3.96. The van der Waals surface area contributed by atoms with Crippen LogP contribution in [0.3, 0.4) is 0 Å². The van der Waals surface area contributed by atoms with E-state index in [0.717, 1.165) is 11.1 Å². The van der Waals surface area contributed by atoms with Gasteiger partial charge in [0.25, 0.3) is 5.91 Å². The Morgan fingerprint density at radius 2 is 2.00 bits per heavy atom. The highest BCUT2D eigenvalue weighted by atomic mass is 16.8. The number of carbonyl (C=O) groups is 1. The van der Waals surface area contributed by atoms with Crippen molar-refractivity contribution in [2.45, 2.75) is 89.8 Å². The second kappa shape index (κ2) is 7.51. The zero-order chi connectivity index (χ0) is 19.8. The molecular weight excluding hydrogens is 346 g/mol. The number of carbonyl (C=O) groups excluding carboxylic acids is 1. The predicted molar refractivity (Wildman–Crippen MR) is 101 cm³/mol. The van der Waals surface area contributed by atoms with E-state index in [9.17, 15) is 9.90 Å². The molecule has 0 radical (unpaired) electrons. The lowest BCUT2D eigenvalue weighted by Gasteiger charge is -2.42. The molecule has 27 heavy (non-hydrogen) atoms. The average molecular weight is 377 g/mol. The molecule has 1 aliphatic heterocycles. The summed E-state index contributed by atoms with van der Waals surface area (Å²) in [4.78, 5) is 13.1. The average Bonchev–Trinajstić information content (AvgIpc) is 2.88. The van der Waals surface area contributed by atoms with Crippen molar-refractivity contribution in [3.05, 3.63) is 35.4 Å². The van der Waals surface area contributed by atoms with Gasteiger partial charge in [-0.3, -0.25) is 4.79 Å². The number of hydrogen-bond donors (Lipinski definition) is 2. The first kappa shape index (κ1) is 20.3. The van der Waals surface area contributed by atoms with Crippen molar-refractivity contribution in [2.24, 2.45) is 0 Å². The van der Waals surface area contributed by atoms with E-state index < -0.39 is 29.7 Å². The first-order chi connectivity index (χ1) is 12.6. The van der Waals surface area contributed by atoms with Crippen molar-refractivity contribution in [2.75, 3.05) is 0 Å². The largest absolute Gasteiger partial charge is 0.390 e. The Morgan fingerprint density at radius 1 is 1.30 bits per heavy atom. The molecule has 0 bridgehead atoms. The van der Waals surface area contributed by atoms with Crippen molar-refractivity contribution in [1.29, 1.82) is 0 Å². The number of aliphatic hydroxyl groups excluding tert-OH is 1. The second-order valence-corrected chi connectivity index (χ2v) is 8.45. The molecule has 1 amide bonds. The molecule has 2 fully saturated rings. The minimum atomic E-state index is -1.16. The maximum absolute atomic E-state index is 13.1. The van der Waals surface area contributed by atoms with Gasteiger partial charge in [0.05, 0.1) is 18.8 Å². The van der Waals surface area contributed by atoms with Gasteiger partial charge in [0.15, 0.2) is 11.4 Å². The summed E-state index contributed by atoms with van der Waals surface area (Å²) in [6.07, 6.45) is -1.14. The van der Waals surface area contributed by atoms with Crippen LogP contribution in [-0.4, -0.2) is 46.8 Å². The third-order valence-electron chi connectivity index (χ3n) is 5.27. The van der Waals surface area contributed by atoms with Crippen LogP contribution >= 0.6 is 0 Å². The summed E-state index contributed by atoms with van der Waals surface area (Å²) in [6, 6.07) is 7.91. The zero-order valence-corrected chi connectivity index (χ0v) is 16.8. The van der Waals surface area contributed by atoms with Crippen LogP contribution in [0.4, 0.5) is 0 Å². The van der Waals surface area contributed by atoms with Crippen LogP contribution < -0.4 is 5.32 Å². The maximum atomic E-state index is 13.1. The highest BCUT2D eigenvalue weighted by molar-refractivity contribution is 5.85. The van der Waals surface area contributed by atoms with Crippen LogP contribution in [0, 0.1) is 6.92 Å². The van der Waals surface area contributed by atoms with Crippen LogP contribution in [0.15, 0.2) is 24.3 Å². The van der Waals surface area contributed by atoms with E-state index in [1.54, 1.807) is 0 Å². The van der Waals surface area contributed by atoms with E-state index in [0.29, 0.717) is 13.0 Å². The minimum Gasteiger partial charge on any atom is -0.390 e. The molecule has 2 N–H and O–H groups in total. The molecule has 2 aliphatic rings. The molecule has 1 aromatic carbocycles. The van der Waals surface area contributed by atoms with Gasteiger partial charge in [-0.25, -0.2) is 0 Å². The van der Waals surface area contributed by atoms with E-state index in [2.05, 4.69) is 5.32 Å². The minimum absolute atomic E-state index is 0.0245. The Labute approximate surface area is 161 Å². The molecule has 3 rings (SSSR count). The highest BCUT2D eigenvalue weighted by Crippen LogP contribution is 2.43. The van der Waals surface area contributed by atoms with Crippen molar-refractivity contribution >= 4 is 5.91 Å². The molecular formula is C21H31NO5. The molecule has 150 valence electrons. The van der Waals surface area contributed by atoms with E-state index >= 15 is 0 Å². The Balaban J connectivity index is 1.85. The third-order valence-corrected chi connectivity index (χ3v) is 5.27. The smallest absolute Gasteiger partial charge is 0.252 e. The van der Waals surface area contributed by atoms with Crippen LogP contribution in [0.5, 0.6) is 0 Å². The van der Waals surface area contributed by atoms with E-state index in [1.165, 1.54) is 0 Å². The molecule has 4 atom stereocenters. The molecule has 1 heterocycles. The molecule has 1 aromatic rings. The van der Waals surface area contributed by atoms with Crippen molar-refractivity contribution in [1.82, 2.24) is 5.32 Å². The summed E-state index contributed by atoms with van der Waals surface area (Å²) < 4.78 is 18.0. The summed E-state index contributed by atoms with van der Waals surface area (Å²) >= 11 is 0. The number of aliphatic hydroxyl groups is 1. The number of fused-ring (bicyclic) bond motifs is 1. The molecule has 1 saturated heterocycles. The van der Waals surface area contributed by atoms with Gasteiger partial charge in [-0.2, -0.15) is 0 Å². The van der Waals surface area contributed by atoms with Crippen LogP contribution in [0.25, 0.3) is 0 Å². The first-order valence-corrected chi connectivity index (χ1v) is 9.65. The Kier molecular flexibility index (Phi) is 5.64. The standard InChI is InChI=1S/C21H31NO5/c1-13(2)22-19(24)21(25-12-15-9-7-6-8-14(15)3)10-16(23)18-17(11-21)26-20(4,5)27-18/h6-9,13,16-18,23H,10-12H2,1-5H3,(H,22,24)/t16-,17-,18+,21-/m1/s1. The summed E-state index contributed by atoms with van der Waals surface area (Å²) in [7, 11) is 0. The fourth-order valence-corrected chi connectivity index (χ4v) is 3.96. The van der Waals surface area contributed by atoms with Crippen molar-refractivity contribution in [3.8, 4) is 0 Å². The zero-order valence-electron chi connectivity index (χ0n) is 16.8. The van der Waals surface area contributed by atoms with Crippen molar-refractivity contribution in [3.63, 3.8) is 0 Å². The lowest BCUT2D eigenvalue weighted by molar-refractivity contribution is -0.175. The Bertz CT molecular complexity index is 689. The first-order valence-electron chi connectivity index (χ1n) is 9.65. The topological polar surface area (TPSA) is 77.0 Å².